The first kappa shape index (κ1) is 12.9. The number of halogens is 1. The van der Waals surface area contributed by atoms with E-state index < -0.39 is 23.5 Å². The fraction of sp³-hybridized carbons (Fsp3) is 0.333. The van der Waals surface area contributed by atoms with Gasteiger partial charge in [-0.15, -0.1) is 0 Å². The number of carbonyl (C=O) groups excluding carboxylic acids is 1. The minimum absolute atomic E-state index is 0.0225. The molecule has 1 aliphatic carbocycles. The molecule has 1 aromatic rings. The maximum atomic E-state index is 11.9. The summed E-state index contributed by atoms with van der Waals surface area (Å²) in [5.74, 6) is -1.64. The first-order valence-corrected chi connectivity index (χ1v) is 5.80. The van der Waals surface area contributed by atoms with Gasteiger partial charge in [-0.3, -0.25) is 4.79 Å². The minimum atomic E-state index is -1.36. The molecule has 0 unspecified atom stereocenters. The Bertz CT molecular complexity index is 497. The molecule has 0 bridgehead atoms. The molecule has 1 amide bonds. The van der Waals surface area contributed by atoms with Crippen molar-refractivity contribution in [3.8, 4) is 0 Å². The van der Waals surface area contributed by atoms with Crippen molar-refractivity contribution >= 4 is 23.5 Å². The zero-order valence-corrected chi connectivity index (χ0v) is 10.1. The van der Waals surface area contributed by atoms with E-state index in [2.05, 4.69) is 5.32 Å². The molecule has 0 spiro atoms. The molecule has 0 atom stereocenters. The van der Waals surface area contributed by atoms with Crippen molar-refractivity contribution in [3.05, 3.63) is 34.9 Å². The van der Waals surface area contributed by atoms with Crippen LogP contribution in [0.25, 0.3) is 0 Å². The number of aliphatic hydroxyl groups excluding tert-OH is 1. The molecular weight excluding hydrogens is 258 g/mol. The molecule has 0 radical (unpaired) electrons. The lowest BCUT2D eigenvalue weighted by Gasteiger charge is -2.42. The summed E-state index contributed by atoms with van der Waals surface area (Å²) in [6, 6.07) is 6.24. The molecule has 96 valence electrons. The van der Waals surface area contributed by atoms with Crippen LogP contribution in [0.1, 0.15) is 23.2 Å². The molecule has 5 nitrogen and oxygen atoms in total. The van der Waals surface area contributed by atoms with Crippen LogP contribution in [0.5, 0.6) is 0 Å². The SMILES string of the molecule is O=C(NC1(C(=O)O)CC(O)C1)c1cccc(Cl)c1. The van der Waals surface area contributed by atoms with Crippen molar-refractivity contribution in [3.63, 3.8) is 0 Å². The van der Waals surface area contributed by atoms with E-state index in [1.807, 2.05) is 0 Å². The molecule has 2 rings (SSSR count). The van der Waals surface area contributed by atoms with Gasteiger partial charge >= 0.3 is 5.97 Å². The third kappa shape index (κ3) is 2.32. The number of carboxylic acids is 1. The van der Waals surface area contributed by atoms with Crippen LogP contribution < -0.4 is 5.32 Å². The Morgan fingerprint density at radius 3 is 2.56 bits per heavy atom. The van der Waals surface area contributed by atoms with Gasteiger partial charge in [0.1, 0.15) is 5.54 Å². The predicted molar refractivity (Wildman–Crippen MR) is 64.5 cm³/mol. The lowest BCUT2D eigenvalue weighted by molar-refractivity contribution is -0.153. The van der Waals surface area contributed by atoms with Gasteiger partial charge in [0, 0.05) is 23.4 Å². The highest BCUT2D eigenvalue weighted by molar-refractivity contribution is 6.31. The number of carboxylic acid groups (broad SMARTS) is 1. The third-order valence-corrected chi connectivity index (χ3v) is 3.25. The summed E-state index contributed by atoms with van der Waals surface area (Å²) in [6.45, 7) is 0. The van der Waals surface area contributed by atoms with Crippen LogP contribution in [-0.2, 0) is 4.79 Å². The van der Waals surface area contributed by atoms with Crippen LogP contribution in [0.4, 0.5) is 0 Å². The van der Waals surface area contributed by atoms with Crippen molar-refractivity contribution < 1.29 is 19.8 Å². The van der Waals surface area contributed by atoms with E-state index in [0.717, 1.165) is 0 Å². The summed E-state index contributed by atoms with van der Waals surface area (Å²) < 4.78 is 0. The Labute approximate surface area is 108 Å². The predicted octanol–water partition coefficient (Wildman–Crippen LogP) is 1.05. The number of hydrogen-bond acceptors (Lipinski definition) is 3. The lowest BCUT2D eigenvalue weighted by Crippen LogP contribution is -2.64. The molecule has 6 heteroatoms. The van der Waals surface area contributed by atoms with Crippen LogP contribution >= 0.6 is 11.6 Å². The maximum absolute atomic E-state index is 11.9. The molecule has 0 aromatic heterocycles. The molecule has 1 saturated carbocycles. The Kier molecular flexibility index (Phi) is 3.28. The first-order chi connectivity index (χ1) is 8.43. The average molecular weight is 270 g/mol. The van der Waals surface area contributed by atoms with E-state index in [1.165, 1.54) is 6.07 Å². The number of aliphatic hydroxyl groups is 1. The Morgan fingerprint density at radius 1 is 1.39 bits per heavy atom. The fourth-order valence-corrected chi connectivity index (χ4v) is 2.18. The molecule has 0 heterocycles. The molecule has 0 saturated heterocycles. The van der Waals surface area contributed by atoms with Gasteiger partial charge in [0.05, 0.1) is 6.10 Å². The van der Waals surface area contributed by atoms with Crippen molar-refractivity contribution in [2.45, 2.75) is 24.5 Å². The number of rotatable bonds is 3. The molecule has 3 N–H and O–H groups in total. The van der Waals surface area contributed by atoms with E-state index in [4.69, 9.17) is 16.7 Å². The van der Waals surface area contributed by atoms with Crippen LogP contribution in [-0.4, -0.2) is 33.7 Å². The highest BCUT2D eigenvalue weighted by Gasteiger charge is 2.51. The van der Waals surface area contributed by atoms with E-state index in [0.29, 0.717) is 10.6 Å². The van der Waals surface area contributed by atoms with E-state index in [-0.39, 0.29) is 12.8 Å². The molecule has 1 aromatic carbocycles. The maximum Gasteiger partial charge on any atom is 0.329 e. The largest absolute Gasteiger partial charge is 0.480 e. The molecule has 18 heavy (non-hydrogen) atoms. The van der Waals surface area contributed by atoms with E-state index in [1.54, 1.807) is 18.2 Å². The topological polar surface area (TPSA) is 86.6 Å². The zero-order valence-electron chi connectivity index (χ0n) is 9.39. The minimum Gasteiger partial charge on any atom is -0.480 e. The second-order valence-corrected chi connectivity index (χ2v) is 4.85. The van der Waals surface area contributed by atoms with Gasteiger partial charge < -0.3 is 15.5 Å². The van der Waals surface area contributed by atoms with Crippen LogP contribution in [0.15, 0.2) is 24.3 Å². The van der Waals surface area contributed by atoms with E-state index >= 15 is 0 Å². The first-order valence-electron chi connectivity index (χ1n) is 5.42. The average Bonchev–Trinajstić information content (AvgIpc) is 2.26. The standard InChI is InChI=1S/C12H12ClNO4/c13-8-3-1-2-7(4-8)10(16)14-12(11(17)18)5-9(15)6-12/h1-4,9,15H,5-6H2,(H,14,16)(H,17,18). The number of carbonyl (C=O) groups is 2. The van der Waals surface area contributed by atoms with Crippen LogP contribution in [0, 0.1) is 0 Å². The van der Waals surface area contributed by atoms with Crippen LogP contribution in [0.3, 0.4) is 0 Å². The summed E-state index contributed by atoms with van der Waals surface area (Å²) in [4.78, 5) is 23.0. The van der Waals surface area contributed by atoms with Gasteiger partial charge in [-0.1, -0.05) is 17.7 Å². The zero-order chi connectivity index (χ0) is 13.3. The second-order valence-electron chi connectivity index (χ2n) is 4.41. The van der Waals surface area contributed by atoms with Gasteiger partial charge in [-0.2, -0.15) is 0 Å². The second kappa shape index (κ2) is 4.59. The van der Waals surface area contributed by atoms with Crippen molar-refractivity contribution in [2.24, 2.45) is 0 Å². The Hall–Kier alpha value is -1.59. The molecule has 1 aliphatic rings. The van der Waals surface area contributed by atoms with Gasteiger partial charge in [-0.25, -0.2) is 4.79 Å². The lowest BCUT2D eigenvalue weighted by atomic mass is 9.74. The summed E-state index contributed by atoms with van der Waals surface area (Å²) in [7, 11) is 0. The van der Waals surface area contributed by atoms with Crippen LogP contribution in [0.2, 0.25) is 5.02 Å². The Morgan fingerprint density at radius 2 is 2.06 bits per heavy atom. The van der Waals surface area contributed by atoms with Gasteiger partial charge in [-0.05, 0) is 18.2 Å². The van der Waals surface area contributed by atoms with Gasteiger partial charge in [0.25, 0.3) is 5.91 Å². The molecule has 1 fully saturated rings. The molecular formula is C12H12ClNO4. The highest BCUT2D eigenvalue weighted by Crippen LogP contribution is 2.33. The van der Waals surface area contributed by atoms with Crippen molar-refractivity contribution in [1.82, 2.24) is 5.32 Å². The summed E-state index contributed by atoms with van der Waals surface area (Å²) in [6.07, 6.45) is -0.635. The number of benzene rings is 1. The highest BCUT2D eigenvalue weighted by atomic mass is 35.5. The normalized spacial score (nSPS) is 26.2. The Balaban J connectivity index is 2.14. The quantitative estimate of drug-likeness (QED) is 0.765. The van der Waals surface area contributed by atoms with Gasteiger partial charge in [0.15, 0.2) is 0 Å². The number of amides is 1. The smallest absolute Gasteiger partial charge is 0.329 e. The monoisotopic (exact) mass is 269 g/mol. The summed E-state index contributed by atoms with van der Waals surface area (Å²) >= 11 is 5.76. The van der Waals surface area contributed by atoms with E-state index in [9.17, 15) is 14.7 Å². The number of aliphatic carboxylic acids is 1. The number of hydrogen-bond donors (Lipinski definition) is 3. The summed E-state index contributed by atoms with van der Waals surface area (Å²) in [5, 5.41) is 21.2. The molecule has 0 aliphatic heterocycles. The van der Waals surface area contributed by atoms with Gasteiger partial charge in [0.2, 0.25) is 0 Å². The number of nitrogens with one attached hydrogen (secondary N) is 1. The third-order valence-electron chi connectivity index (χ3n) is 3.02. The summed E-state index contributed by atoms with van der Waals surface area (Å²) in [5.41, 5.74) is -1.07. The van der Waals surface area contributed by atoms with Crippen molar-refractivity contribution in [1.29, 1.82) is 0 Å². The van der Waals surface area contributed by atoms with Crippen molar-refractivity contribution in [2.75, 3.05) is 0 Å². The fourth-order valence-electron chi connectivity index (χ4n) is 1.99.